The highest BCUT2D eigenvalue weighted by Crippen LogP contribution is 2.17. The lowest BCUT2D eigenvalue weighted by molar-refractivity contribution is 0.0937. The molecule has 2 atom stereocenters. The van der Waals surface area contributed by atoms with Crippen LogP contribution in [0.3, 0.4) is 0 Å². The van der Waals surface area contributed by atoms with Crippen molar-refractivity contribution in [2.45, 2.75) is 18.5 Å². The lowest BCUT2D eigenvalue weighted by Crippen LogP contribution is -2.31. The SMILES string of the molecule is Cn1ccnc1C(=O)NC1CC1N. The summed E-state index contributed by atoms with van der Waals surface area (Å²) in [5.74, 6) is 0.282. The molecular weight excluding hydrogens is 168 g/mol. The Kier molecular flexibility index (Phi) is 1.81. The maximum Gasteiger partial charge on any atom is 0.287 e. The Labute approximate surface area is 75.9 Å². The van der Waals surface area contributed by atoms with E-state index in [1.54, 1.807) is 24.0 Å². The molecule has 0 aromatic carbocycles. The van der Waals surface area contributed by atoms with Gasteiger partial charge in [-0.2, -0.15) is 0 Å². The predicted octanol–water partition coefficient (Wildman–Crippen LogP) is -0.750. The third-order valence-corrected chi connectivity index (χ3v) is 2.18. The highest BCUT2D eigenvalue weighted by Gasteiger charge is 2.35. The van der Waals surface area contributed by atoms with Gasteiger partial charge in [-0.1, -0.05) is 0 Å². The molecule has 2 rings (SSSR count). The summed E-state index contributed by atoms with van der Waals surface area (Å²) >= 11 is 0. The number of aryl methyl sites for hydroxylation is 1. The van der Waals surface area contributed by atoms with Crippen molar-refractivity contribution in [2.75, 3.05) is 0 Å². The maximum absolute atomic E-state index is 11.5. The van der Waals surface area contributed by atoms with Crippen LogP contribution in [0.1, 0.15) is 17.0 Å². The number of rotatable bonds is 2. The van der Waals surface area contributed by atoms with Gasteiger partial charge in [-0.05, 0) is 6.42 Å². The van der Waals surface area contributed by atoms with E-state index in [-0.39, 0.29) is 18.0 Å². The molecule has 1 fully saturated rings. The molecule has 1 saturated carbocycles. The third kappa shape index (κ3) is 1.55. The number of nitrogens with zero attached hydrogens (tertiary/aromatic N) is 2. The fourth-order valence-electron chi connectivity index (χ4n) is 1.20. The van der Waals surface area contributed by atoms with Crippen LogP contribution in [-0.2, 0) is 7.05 Å². The first kappa shape index (κ1) is 8.25. The number of amides is 1. The fraction of sp³-hybridized carbons (Fsp3) is 0.500. The standard InChI is InChI=1S/C8H12N4O/c1-12-3-2-10-7(12)8(13)11-6-4-5(6)9/h2-3,5-6H,4,9H2,1H3,(H,11,13). The summed E-state index contributed by atoms with van der Waals surface area (Å²) in [4.78, 5) is 15.4. The van der Waals surface area contributed by atoms with E-state index in [0.717, 1.165) is 6.42 Å². The van der Waals surface area contributed by atoms with Crippen molar-refractivity contribution < 1.29 is 4.79 Å². The molecule has 1 amide bonds. The van der Waals surface area contributed by atoms with E-state index in [0.29, 0.717) is 5.82 Å². The monoisotopic (exact) mass is 180 g/mol. The number of imidazole rings is 1. The van der Waals surface area contributed by atoms with Gasteiger partial charge in [-0.15, -0.1) is 0 Å². The molecule has 0 aliphatic heterocycles. The van der Waals surface area contributed by atoms with Crippen molar-refractivity contribution in [3.8, 4) is 0 Å². The Bertz CT molecular complexity index is 333. The lowest BCUT2D eigenvalue weighted by Gasteiger charge is -2.02. The third-order valence-electron chi connectivity index (χ3n) is 2.18. The number of hydrogen-bond acceptors (Lipinski definition) is 3. The zero-order valence-electron chi connectivity index (χ0n) is 7.40. The molecule has 0 bridgehead atoms. The van der Waals surface area contributed by atoms with Gasteiger partial charge in [0, 0.05) is 31.5 Å². The van der Waals surface area contributed by atoms with Gasteiger partial charge in [0.05, 0.1) is 0 Å². The second kappa shape index (κ2) is 2.85. The average molecular weight is 180 g/mol. The minimum atomic E-state index is -0.148. The van der Waals surface area contributed by atoms with E-state index in [9.17, 15) is 4.79 Å². The van der Waals surface area contributed by atoms with E-state index in [4.69, 9.17) is 5.73 Å². The summed E-state index contributed by atoms with van der Waals surface area (Å²) < 4.78 is 1.68. The van der Waals surface area contributed by atoms with E-state index in [2.05, 4.69) is 10.3 Å². The largest absolute Gasteiger partial charge is 0.345 e. The number of nitrogens with two attached hydrogens (primary N) is 1. The van der Waals surface area contributed by atoms with Crippen LogP contribution in [0.2, 0.25) is 0 Å². The first-order valence-electron chi connectivity index (χ1n) is 4.22. The summed E-state index contributed by atoms with van der Waals surface area (Å²) in [6, 6.07) is 0.272. The van der Waals surface area contributed by atoms with Crippen LogP contribution in [-0.4, -0.2) is 27.5 Å². The van der Waals surface area contributed by atoms with Crippen molar-refractivity contribution in [1.82, 2.24) is 14.9 Å². The molecule has 5 heteroatoms. The van der Waals surface area contributed by atoms with Gasteiger partial charge in [-0.3, -0.25) is 4.79 Å². The first-order valence-corrected chi connectivity index (χ1v) is 4.22. The molecule has 1 aromatic heterocycles. The van der Waals surface area contributed by atoms with Crippen LogP contribution in [0.15, 0.2) is 12.4 Å². The minimum absolute atomic E-state index is 0.129. The van der Waals surface area contributed by atoms with E-state index >= 15 is 0 Å². The fourth-order valence-corrected chi connectivity index (χ4v) is 1.20. The Hall–Kier alpha value is -1.36. The number of hydrogen-bond donors (Lipinski definition) is 2. The molecule has 1 heterocycles. The summed E-state index contributed by atoms with van der Waals surface area (Å²) in [6.07, 6.45) is 4.21. The van der Waals surface area contributed by atoms with Crippen LogP contribution in [0.5, 0.6) is 0 Å². The summed E-state index contributed by atoms with van der Waals surface area (Å²) in [5, 5.41) is 2.80. The van der Waals surface area contributed by atoms with Gasteiger partial charge < -0.3 is 15.6 Å². The molecule has 3 N–H and O–H groups in total. The molecule has 1 aromatic rings. The van der Waals surface area contributed by atoms with Gasteiger partial charge >= 0.3 is 0 Å². The van der Waals surface area contributed by atoms with E-state index in [1.165, 1.54) is 0 Å². The highest BCUT2D eigenvalue weighted by molar-refractivity contribution is 5.91. The van der Waals surface area contributed by atoms with Gasteiger partial charge in [0.2, 0.25) is 0 Å². The van der Waals surface area contributed by atoms with Crippen LogP contribution in [0, 0.1) is 0 Å². The second-order valence-electron chi connectivity index (χ2n) is 3.34. The molecular formula is C8H12N4O. The van der Waals surface area contributed by atoms with Gasteiger partial charge in [0.15, 0.2) is 5.82 Å². The van der Waals surface area contributed by atoms with Crippen LogP contribution in [0.25, 0.3) is 0 Å². The number of nitrogens with one attached hydrogen (secondary N) is 1. The van der Waals surface area contributed by atoms with Crippen LogP contribution in [0.4, 0.5) is 0 Å². The van der Waals surface area contributed by atoms with Crippen LogP contribution >= 0.6 is 0 Å². The lowest BCUT2D eigenvalue weighted by atomic mass is 10.5. The molecule has 2 unspecified atom stereocenters. The number of carbonyl (C=O) groups excluding carboxylic acids is 1. The molecule has 5 nitrogen and oxygen atoms in total. The molecule has 70 valence electrons. The number of aromatic nitrogens is 2. The van der Waals surface area contributed by atoms with E-state index in [1.807, 2.05) is 0 Å². The first-order chi connectivity index (χ1) is 6.18. The quantitative estimate of drug-likeness (QED) is 0.629. The van der Waals surface area contributed by atoms with Crippen molar-refractivity contribution in [2.24, 2.45) is 12.8 Å². The summed E-state index contributed by atoms with van der Waals surface area (Å²) in [5.41, 5.74) is 5.56. The molecule has 1 aliphatic carbocycles. The summed E-state index contributed by atoms with van der Waals surface area (Å²) in [6.45, 7) is 0. The van der Waals surface area contributed by atoms with Gasteiger partial charge in [0.1, 0.15) is 0 Å². The van der Waals surface area contributed by atoms with Crippen molar-refractivity contribution in [1.29, 1.82) is 0 Å². The van der Waals surface area contributed by atoms with Crippen molar-refractivity contribution in [3.63, 3.8) is 0 Å². The molecule has 0 radical (unpaired) electrons. The smallest absolute Gasteiger partial charge is 0.287 e. The van der Waals surface area contributed by atoms with Gasteiger partial charge in [-0.25, -0.2) is 4.98 Å². The van der Waals surface area contributed by atoms with Crippen molar-refractivity contribution in [3.05, 3.63) is 18.2 Å². The molecule has 13 heavy (non-hydrogen) atoms. The number of carbonyl (C=O) groups is 1. The zero-order chi connectivity index (χ0) is 9.42. The van der Waals surface area contributed by atoms with E-state index < -0.39 is 0 Å². The Morgan fingerprint density at radius 3 is 3.00 bits per heavy atom. The average Bonchev–Trinajstić information content (AvgIpc) is 2.62. The Morgan fingerprint density at radius 2 is 2.54 bits per heavy atom. The van der Waals surface area contributed by atoms with Crippen LogP contribution < -0.4 is 11.1 Å². The maximum atomic E-state index is 11.5. The second-order valence-corrected chi connectivity index (χ2v) is 3.34. The topological polar surface area (TPSA) is 72.9 Å². The summed E-state index contributed by atoms with van der Waals surface area (Å²) in [7, 11) is 1.79. The predicted molar refractivity (Wildman–Crippen MR) is 47.1 cm³/mol. The molecule has 0 saturated heterocycles. The Morgan fingerprint density at radius 1 is 1.85 bits per heavy atom. The Balaban J connectivity index is 2.01. The highest BCUT2D eigenvalue weighted by atomic mass is 16.2. The van der Waals surface area contributed by atoms with Crippen molar-refractivity contribution >= 4 is 5.91 Å². The normalized spacial score (nSPS) is 25.7. The van der Waals surface area contributed by atoms with Gasteiger partial charge in [0.25, 0.3) is 5.91 Å². The zero-order valence-corrected chi connectivity index (χ0v) is 7.40. The molecule has 1 aliphatic rings. The minimum Gasteiger partial charge on any atom is -0.345 e. The molecule has 0 spiro atoms.